The van der Waals surface area contributed by atoms with Gasteiger partial charge in [0.2, 0.25) is 5.88 Å². The van der Waals surface area contributed by atoms with Gasteiger partial charge in [0.25, 0.3) is 0 Å². The predicted molar refractivity (Wildman–Crippen MR) is 70.5 cm³/mol. The Bertz CT molecular complexity index is 577. The van der Waals surface area contributed by atoms with Crippen molar-refractivity contribution in [2.45, 2.75) is 25.4 Å². The first kappa shape index (κ1) is 13.0. The van der Waals surface area contributed by atoms with E-state index in [0.717, 1.165) is 30.3 Å². The molecular weight excluding hydrogens is 262 g/mol. The summed E-state index contributed by atoms with van der Waals surface area (Å²) in [5.41, 5.74) is 1.05. The molecule has 1 N–H and O–H groups in total. The lowest BCUT2D eigenvalue weighted by molar-refractivity contribution is 0.451. The number of ether oxygens (including phenoxy) is 1. The summed E-state index contributed by atoms with van der Waals surface area (Å²) >= 11 is 0. The van der Waals surface area contributed by atoms with Gasteiger partial charge in [-0.15, -0.1) is 0 Å². The highest BCUT2D eigenvalue weighted by Gasteiger charge is 2.19. The summed E-state index contributed by atoms with van der Waals surface area (Å²) in [5, 5.41) is 3.38. The van der Waals surface area contributed by atoms with Gasteiger partial charge < -0.3 is 10.1 Å². The van der Waals surface area contributed by atoms with Crippen molar-refractivity contribution < 1.29 is 13.5 Å². The van der Waals surface area contributed by atoms with E-state index in [1.165, 1.54) is 12.8 Å². The van der Waals surface area contributed by atoms with Gasteiger partial charge in [-0.05, 0) is 18.4 Å². The zero-order chi connectivity index (χ0) is 13.9. The van der Waals surface area contributed by atoms with E-state index in [9.17, 15) is 8.78 Å². The van der Waals surface area contributed by atoms with Gasteiger partial charge in [0, 0.05) is 43.0 Å². The number of rotatable bonds is 5. The summed E-state index contributed by atoms with van der Waals surface area (Å²) in [6.07, 6.45) is 4.17. The molecule has 1 fully saturated rings. The first-order valence-corrected chi connectivity index (χ1v) is 6.51. The average molecular weight is 276 g/mol. The summed E-state index contributed by atoms with van der Waals surface area (Å²) in [5.74, 6) is -0.945. The lowest BCUT2D eigenvalue weighted by Gasteiger charge is -2.06. The molecule has 1 aromatic heterocycles. The fourth-order valence-corrected chi connectivity index (χ4v) is 1.83. The third-order valence-electron chi connectivity index (χ3n) is 3.03. The quantitative estimate of drug-likeness (QED) is 0.908. The van der Waals surface area contributed by atoms with Crippen LogP contribution in [0.2, 0.25) is 0 Å². The molecular formula is C15H14F2N2O. The van der Waals surface area contributed by atoms with E-state index < -0.39 is 11.6 Å². The largest absolute Gasteiger partial charge is 0.439 e. The van der Waals surface area contributed by atoms with Crippen molar-refractivity contribution in [3.8, 4) is 11.6 Å². The summed E-state index contributed by atoms with van der Waals surface area (Å²) in [6.45, 7) is 0.770. The molecule has 0 bridgehead atoms. The molecule has 0 saturated heterocycles. The minimum absolute atomic E-state index is 0.0962. The van der Waals surface area contributed by atoms with E-state index in [0.29, 0.717) is 11.9 Å². The standard InChI is InChI=1S/C15H14F2N2O/c16-11-5-12(17)7-14(6-11)20-15-4-1-10(9-19-15)8-18-13-2-3-13/h1,4-7,9,13,18H,2-3,8H2. The van der Waals surface area contributed by atoms with E-state index >= 15 is 0 Å². The molecule has 104 valence electrons. The Kier molecular flexibility index (Phi) is 3.60. The molecule has 20 heavy (non-hydrogen) atoms. The van der Waals surface area contributed by atoms with Crippen LogP contribution >= 0.6 is 0 Å². The van der Waals surface area contributed by atoms with E-state index in [4.69, 9.17) is 4.74 Å². The van der Waals surface area contributed by atoms with E-state index in [1.54, 1.807) is 12.3 Å². The van der Waals surface area contributed by atoms with E-state index in [1.807, 2.05) is 6.07 Å². The van der Waals surface area contributed by atoms with Crippen molar-refractivity contribution in [1.82, 2.24) is 10.3 Å². The molecule has 5 heteroatoms. The highest BCUT2D eigenvalue weighted by molar-refractivity contribution is 5.29. The van der Waals surface area contributed by atoms with E-state index in [-0.39, 0.29) is 5.75 Å². The highest BCUT2D eigenvalue weighted by atomic mass is 19.1. The monoisotopic (exact) mass is 276 g/mol. The van der Waals surface area contributed by atoms with Crippen LogP contribution in [0.15, 0.2) is 36.5 Å². The maximum absolute atomic E-state index is 13.0. The average Bonchev–Trinajstić information content (AvgIpc) is 3.21. The molecule has 3 nitrogen and oxygen atoms in total. The molecule has 3 rings (SSSR count). The zero-order valence-corrected chi connectivity index (χ0v) is 10.8. The fourth-order valence-electron chi connectivity index (χ4n) is 1.83. The normalized spacial score (nSPS) is 14.3. The summed E-state index contributed by atoms with van der Waals surface area (Å²) < 4.78 is 31.4. The van der Waals surface area contributed by atoms with Crippen LogP contribution in [-0.2, 0) is 6.54 Å². The number of hydrogen-bond acceptors (Lipinski definition) is 3. The summed E-state index contributed by atoms with van der Waals surface area (Å²) in [7, 11) is 0. The van der Waals surface area contributed by atoms with Crippen LogP contribution in [0.25, 0.3) is 0 Å². The van der Waals surface area contributed by atoms with Crippen LogP contribution in [0.5, 0.6) is 11.6 Å². The van der Waals surface area contributed by atoms with Crippen LogP contribution in [0.4, 0.5) is 8.78 Å². The molecule has 1 aliphatic carbocycles. The Balaban J connectivity index is 1.64. The molecule has 1 saturated carbocycles. The van der Waals surface area contributed by atoms with Crippen molar-refractivity contribution in [3.05, 3.63) is 53.7 Å². The lowest BCUT2D eigenvalue weighted by Crippen LogP contribution is -2.15. The van der Waals surface area contributed by atoms with Crippen molar-refractivity contribution in [2.75, 3.05) is 0 Å². The van der Waals surface area contributed by atoms with Crippen molar-refractivity contribution in [1.29, 1.82) is 0 Å². The Hall–Kier alpha value is -2.01. The van der Waals surface area contributed by atoms with Gasteiger partial charge in [-0.2, -0.15) is 0 Å². The molecule has 0 unspecified atom stereocenters. The van der Waals surface area contributed by atoms with Gasteiger partial charge in [0.15, 0.2) is 0 Å². The summed E-state index contributed by atoms with van der Waals surface area (Å²) in [6, 6.07) is 7.24. The number of halogens is 2. The Morgan fingerprint density at radius 3 is 2.50 bits per heavy atom. The molecule has 0 aliphatic heterocycles. The second-order valence-electron chi connectivity index (χ2n) is 4.87. The highest BCUT2D eigenvalue weighted by Crippen LogP contribution is 2.22. The second-order valence-corrected chi connectivity index (χ2v) is 4.87. The van der Waals surface area contributed by atoms with Crippen molar-refractivity contribution in [3.63, 3.8) is 0 Å². The van der Waals surface area contributed by atoms with Crippen LogP contribution in [-0.4, -0.2) is 11.0 Å². The van der Waals surface area contributed by atoms with E-state index in [2.05, 4.69) is 10.3 Å². The zero-order valence-electron chi connectivity index (χ0n) is 10.8. The van der Waals surface area contributed by atoms with Gasteiger partial charge in [-0.3, -0.25) is 0 Å². The van der Waals surface area contributed by atoms with Crippen molar-refractivity contribution in [2.24, 2.45) is 0 Å². The lowest BCUT2D eigenvalue weighted by atomic mass is 10.3. The minimum atomic E-state index is -0.676. The molecule has 0 radical (unpaired) electrons. The third-order valence-corrected chi connectivity index (χ3v) is 3.03. The van der Waals surface area contributed by atoms with Crippen LogP contribution in [0, 0.1) is 11.6 Å². The maximum atomic E-state index is 13.0. The molecule has 0 atom stereocenters. The predicted octanol–water partition coefficient (Wildman–Crippen LogP) is 3.40. The third kappa shape index (κ3) is 3.51. The molecule has 0 amide bonds. The van der Waals surface area contributed by atoms with Gasteiger partial charge in [-0.1, -0.05) is 6.07 Å². The second kappa shape index (κ2) is 5.54. The molecule has 0 spiro atoms. The van der Waals surface area contributed by atoms with Gasteiger partial charge in [-0.25, -0.2) is 13.8 Å². The molecule has 1 aliphatic rings. The Labute approximate surface area is 115 Å². The Morgan fingerprint density at radius 2 is 1.90 bits per heavy atom. The van der Waals surface area contributed by atoms with Gasteiger partial charge >= 0.3 is 0 Å². The van der Waals surface area contributed by atoms with Crippen LogP contribution in [0.3, 0.4) is 0 Å². The molecule has 1 heterocycles. The number of nitrogens with one attached hydrogen (secondary N) is 1. The number of hydrogen-bond donors (Lipinski definition) is 1. The topological polar surface area (TPSA) is 34.1 Å². The molecule has 1 aromatic carbocycles. The number of aromatic nitrogens is 1. The van der Waals surface area contributed by atoms with Gasteiger partial charge in [0.1, 0.15) is 17.4 Å². The van der Waals surface area contributed by atoms with Crippen molar-refractivity contribution >= 4 is 0 Å². The minimum Gasteiger partial charge on any atom is -0.439 e. The maximum Gasteiger partial charge on any atom is 0.219 e. The van der Waals surface area contributed by atoms with Crippen LogP contribution in [0.1, 0.15) is 18.4 Å². The van der Waals surface area contributed by atoms with Crippen LogP contribution < -0.4 is 10.1 Å². The number of benzene rings is 1. The smallest absolute Gasteiger partial charge is 0.219 e. The van der Waals surface area contributed by atoms with Gasteiger partial charge in [0.05, 0.1) is 0 Å². The summed E-state index contributed by atoms with van der Waals surface area (Å²) in [4.78, 5) is 4.12. The number of pyridine rings is 1. The SMILES string of the molecule is Fc1cc(F)cc(Oc2ccc(CNC3CC3)cn2)c1. The molecule has 2 aromatic rings. The fraction of sp³-hybridized carbons (Fsp3) is 0.267. The Morgan fingerprint density at radius 1 is 1.15 bits per heavy atom. The number of nitrogens with zero attached hydrogens (tertiary/aromatic N) is 1. The first-order valence-electron chi connectivity index (χ1n) is 6.51. The first-order chi connectivity index (χ1) is 9.69.